The molecule has 0 saturated heterocycles. The monoisotopic (exact) mass is 334 g/mol. The van der Waals surface area contributed by atoms with E-state index in [0.29, 0.717) is 16.9 Å². The molecule has 0 aliphatic carbocycles. The van der Waals surface area contributed by atoms with Gasteiger partial charge in [-0.3, -0.25) is 0 Å². The van der Waals surface area contributed by atoms with Crippen molar-refractivity contribution in [2.45, 2.75) is 23.1 Å². The lowest BCUT2D eigenvalue weighted by atomic mass is 10.3. The van der Waals surface area contributed by atoms with Crippen molar-refractivity contribution in [2.24, 2.45) is 0 Å². The molecule has 0 radical (unpaired) electrons. The molecule has 0 fully saturated rings. The maximum atomic E-state index is 5.58. The van der Waals surface area contributed by atoms with Crippen LogP contribution in [0.5, 0.6) is 0 Å². The minimum Gasteiger partial charge on any atom is -0.415 e. The zero-order chi connectivity index (χ0) is 15.4. The van der Waals surface area contributed by atoms with Gasteiger partial charge in [0.05, 0.1) is 16.7 Å². The van der Waals surface area contributed by atoms with Crippen LogP contribution in [-0.4, -0.2) is 36.7 Å². The van der Waals surface area contributed by atoms with E-state index in [0.717, 1.165) is 11.5 Å². The van der Waals surface area contributed by atoms with Crippen molar-refractivity contribution in [3.63, 3.8) is 0 Å². The molecule has 2 aromatic heterocycles. The maximum absolute atomic E-state index is 5.58. The Hall–Kier alpha value is -1.87. The van der Waals surface area contributed by atoms with Crippen LogP contribution >= 0.6 is 23.5 Å². The number of hydrogen-bond donors (Lipinski definition) is 0. The Bertz CT molecular complexity index is 729. The summed E-state index contributed by atoms with van der Waals surface area (Å²) in [4.78, 5) is 0. The van der Waals surface area contributed by atoms with Crippen molar-refractivity contribution >= 4 is 23.5 Å². The summed E-state index contributed by atoms with van der Waals surface area (Å²) >= 11 is 3.09. The molecule has 3 aromatic rings. The van der Waals surface area contributed by atoms with Crippen molar-refractivity contribution < 1.29 is 4.42 Å². The van der Waals surface area contributed by atoms with Crippen LogP contribution in [0, 0.1) is 0 Å². The first-order valence-electron chi connectivity index (χ1n) is 6.59. The van der Waals surface area contributed by atoms with Gasteiger partial charge in [0.15, 0.2) is 5.82 Å². The van der Waals surface area contributed by atoms with Crippen molar-refractivity contribution in [3.8, 4) is 5.69 Å². The van der Waals surface area contributed by atoms with Crippen molar-refractivity contribution in [1.82, 2.24) is 30.4 Å². The van der Waals surface area contributed by atoms with E-state index in [1.54, 1.807) is 16.4 Å². The Labute approximate surface area is 135 Å². The second-order valence-electron chi connectivity index (χ2n) is 4.44. The van der Waals surface area contributed by atoms with E-state index in [2.05, 4.69) is 25.7 Å². The molecule has 0 amide bonds. The third kappa shape index (κ3) is 3.30. The highest BCUT2D eigenvalue weighted by Crippen LogP contribution is 2.33. The highest BCUT2D eigenvalue weighted by Gasteiger charge is 2.19. The molecule has 1 atom stereocenters. The largest absolute Gasteiger partial charge is 0.415 e. The zero-order valence-corrected chi connectivity index (χ0v) is 13.7. The van der Waals surface area contributed by atoms with Crippen LogP contribution in [0.3, 0.4) is 0 Å². The Morgan fingerprint density at radius 2 is 2.00 bits per heavy atom. The quantitative estimate of drug-likeness (QED) is 0.636. The lowest BCUT2D eigenvalue weighted by Crippen LogP contribution is -2.04. The molecule has 9 heteroatoms. The lowest BCUT2D eigenvalue weighted by Gasteiger charge is -2.08. The van der Waals surface area contributed by atoms with Crippen LogP contribution in [0.2, 0.25) is 0 Å². The molecule has 0 aliphatic heterocycles. The summed E-state index contributed by atoms with van der Waals surface area (Å²) in [6.45, 7) is 2.01. The molecule has 0 unspecified atom stereocenters. The first-order valence-corrected chi connectivity index (χ1v) is 8.87. The van der Waals surface area contributed by atoms with E-state index in [1.165, 1.54) is 11.8 Å². The Balaban J connectivity index is 1.78. The third-order valence-corrected chi connectivity index (χ3v) is 4.32. The summed E-state index contributed by atoms with van der Waals surface area (Å²) in [5.41, 5.74) is 0.920. The van der Waals surface area contributed by atoms with Gasteiger partial charge in [0, 0.05) is 0 Å². The number of benzene rings is 1. The standard InChI is InChI=1S/C13H14N6OS2/c1-9(22-13-16-14-11(20-13)8-21-2)12-15-17-18-19(12)10-6-4-3-5-7-10/h3-7,9H,8H2,1-2H3/t9-/m1/s1. The van der Waals surface area contributed by atoms with Crippen LogP contribution in [-0.2, 0) is 5.75 Å². The summed E-state index contributed by atoms with van der Waals surface area (Å²) < 4.78 is 7.30. The number of rotatable bonds is 6. The molecule has 7 nitrogen and oxygen atoms in total. The Kier molecular flexibility index (Phi) is 4.74. The number of nitrogens with zero attached hydrogens (tertiary/aromatic N) is 6. The highest BCUT2D eigenvalue weighted by atomic mass is 32.2. The Morgan fingerprint density at radius 1 is 1.18 bits per heavy atom. The SMILES string of the molecule is CSCc1nnc(S[C@H](C)c2nnnn2-c2ccccc2)o1. The lowest BCUT2D eigenvalue weighted by molar-refractivity contribution is 0.426. The molecule has 22 heavy (non-hydrogen) atoms. The fraction of sp³-hybridized carbons (Fsp3) is 0.308. The molecule has 0 aliphatic rings. The van der Waals surface area contributed by atoms with Crippen LogP contribution in [0.15, 0.2) is 40.0 Å². The van der Waals surface area contributed by atoms with Gasteiger partial charge in [0.2, 0.25) is 5.89 Å². The molecule has 0 saturated carbocycles. The number of hydrogen-bond acceptors (Lipinski definition) is 8. The van der Waals surface area contributed by atoms with Gasteiger partial charge in [-0.05, 0) is 35.7 Å². The molecule has 0 spiro atoms. The molecule has 114 valence electrons. The first kappa shape index (κ1) is 15.0. The van der Waals surface area contributed by atoms with Gasteiger partial charge in [0.1, 0.15) is 0 Å². The van der Waals surface area contributed by atoms with Gasteiger partial charge in [-0.1, -0.05) is 30.0 Å². The number of para-hydroxylation sites is 1. The van der Waals surface area contributed by atoms with E-state index < -0.39 is 0 Å². The minimum atomic E-state index is -0.0159. The van der Waals surface area contributed by atoms with Crippen LogP contribution in [0.1, 0.15) is 23.9 Å². The fourth-order valence-corrected chi connectivity index (χ4v) is 3.02. The average molecular weight is 334 g/mol. The molecular formula is C13H14N6OS2. The van der Waals surface area contributed by atoms with Crippen LogP contribution in [0.25, 0.3) is 5.69 Å². The van der Waals surface area contributed by atoms with Gasteiger partial charge < -0.3 is 4.42 Å². The fourth-order valence-electron chi connectivity index (χ4n) is 1.87. The molecule has 0 bridgehead atoms. The smallest absolute Gasteiger partial charge is 0.277 e. The minimum absolute atomic E-state index is 0.0159. The topological polar surface area (TPSA) is 82.5 Å². The van der Waals surface area contributed by atoms with Gasteiger partial charge in [-0.15, -0.1) is 15.3 Å². The van der Waals surface area contributed by atoms with Gasteiger partial charge in [-0.2, -0.15) is 16.4 Å². The van der Waals surface area contributed by atoms with Gasteiger partial charge in [-0.25, -0.2) is 0 Å². The van der Waals surface area contributed by atoms with Gasteiger partial charge >= 0.3 is 0 Å². The first-order chi connectivity index (χ1) is 10.8. The molecule has 0 N–H and O–H groups in total. The summed E-state index contributed by atoms with van der Waals surface area (Å²) in [5.74, 6) is 2.08. The maximum Gasteiger partial charge on any atom is 0.277 e. The average Bonchev–Trinajstić information content (AvgIpc) is 3.18. The van der Waals surface area contributed by atoms with Crippen molar-refractivity contribution in [3.05, 3.63) is 42.0 Å². The molecule has 3 rings (SSSR count). The third-order valence-electron chi connectivity index (χ3n) is 2.85. The zero-order valence-electron chi connectivity index (χ0n) is 12.1. The van der Waals surface area contributed by atoms with E-state index >= 15 is 0 Å². The van der Waals surface area contributed by atoms with Crippen LogP contribution < -0.4 is 0 Å². The number of aromatic nitrogens is 6. The summed E-state index contributed by atoms with van der Waals surface area (Å²) in [6, 6.07) is 9.77. The number of thioether (sulfide) groups is 2. The second kappa shape index (κ2) is 6.93. The van der Waals surface area contributed by atoms with Crippen LogP contribution in [0.4, 0.5) is 0 Å². The normalized spacial score (nSPS) is 12.5. The Morgan fingerprint density at radius 3 is 2.77 bits per heavy atom. The van der Waals surface area contributed by atoms with E-state index in [4.69, 9.17) is 4.42 Å². The molecular weight excluding hydrogens is 320 g/mol. The van der Waals surface area contributed by atoms with Gasteiger partial charge in [0.25, 0.3) is 5.22 Å². The van der Waals surface area contributed by atoms with Crippen molar-refractivity contribution in [2.75, 3.05) is 6.26 Å². The van der Waals surface area contributed by atoms with E-state index in [9.17, 15) is 0 Å². The number of tetrazole rings is 1. The highest BCUT2D eigenvalue weighted by molar-refractivity contribution is 7.99. The predicted octanol–water partition coefficient (Wildman–Crippen LogP) is 2.76. The summed E-state index contributed by atoms with van der Waals surface area (Å²) in [7, 11) is 0. The predicted molar refractivity (Wildman–Crippen MR) is 84.9 cm³/mol. The summed E-state index contributed by atoms with van der Waals surface area (Å²) in [5, 5.41) is 20.5. The summed E-state index contributed by atoms with van der Waals surface area (Å²) in [6.07, 6.45) is 1.99. The van der Waals surface area contributed by atoms with E-state index in [-0.39, 0.29) is 5.25 Å². The van der Waals surface area contributed by atoms with Crippen molar-refractivity contribution in [1.29, 1.82) is 0 Å². The molecule has 2 heterocycles. The van der Waals surface area contributed by atoms with E-state index in [1.807, 2.05) is 43.5 Å². The molecule has 1 aromatic carbocycles. The second-order valence-corrected chi connectivity index (χ2v) is 6.60.